The van der Waals surface area contributed by atoms with Gasteiger partial charge in [0.05, 0.1) is 6.07 Å². The van der Waals surface area contributed by atoms with Gasteiger partial charge in [-0.1, -0.05) is 52.0 Å². The fourth-order valence-corrected chi connectivity index (χ4v) is 2.30. The summed E-state index contributed by atoms with van der Waals surface area (Å²) in [5, 5.41) is 9.30. The summed E-state index contributed by atoms with van der Waals surface area (Å²) in [5.74, 6) is -0.102. The number of carbonyl (C=O) groups is 1. The molecule has 0 aliphatic rings. The Labute approximate surface area is 116 Å². The number of hydrogen-bond acceptors (Lipinski definition) is 2. The molecule has 0 heterocycles. The van der Waals surface area contributed by atoms with Crippen molar-refractivity contribution in [3.8, 4) is 6.07 Å². The molecule has 0 N–H and O–H groups in total. The number of hydrogen-bond donors (Lipinski definition) is 0. The molecule has 0 amide bonds. The Hall–Kier alpha value is -1.62. The molecule has 0 saturated carbocycles. The van der Waals surface area contributed by atoms with Crippen LogP contribution in [-0.2, 0) is 4.79 Å². The molecule has 0 aromatic heterocycles. The van der Waals surface area contributed by atoms with Crippen molar-refractivity contribution in [2.45, 2.75) is 52.4 Å². The lowest BCUT2D eigenvalue weighted by atomic mass is 9.85. The van der Waals surface area contributed by atoms with Gasteiger partial charge in [0.25, 0.3) is 0 Å². The van der Waals surface area contributed by atoms with Gasteiger partial charge in [0, 0.05) is 5.92 Å². The predicted molar refractivity (Wildman–Crippen MR) is 78.0 cm³/mol. The average molecular weight is 257 g/mol. The molecule has 19 heavy (non-hydrogen) atoms. The molecule has 0 saturated heterocycles. The van der Waals surface area contributed by atoms with Crippen LogP contribution in [0.3, 0.4) is 0 Å². The molecular weight excluding hydrogens is 234 g/mol. The molecule has 0 bridgehead atoms. The van der Waals surface area contributed by atoms with E-state index in [4.69, 9.17) is 0 Å². The fraction of sp³-hybridized carbons (Fsp3) is 0.529. The Morgan fingerprint density at radius 3 is 1.95 bits per heavy atom. The second kappa shape index (κ2) is 7.09. The maximum Gasteiger partial charge on any atom is 0.157 e. The predicted octanol–water partition coefficient (Wildman–Crippen LogP) is 4.42. The van der Waals surface area contributed by atoms with Crippen LogP contribution < -0.4 is 0 Å². The molecule has 2 nitrogen and oxygen atoms in total. The van der Waals surface area contributed by atoms with E-state index < -0.39 is 5.92 Å². The van der Waals surface area contributed by atoms with E-state index >= 15 is 0 Å². The number of rotatable bonds is 6. The van der Waals surface area contributed by atoms with Crippen molar-refractivity contribution >= 4 is 5.78 Å². The quantitative estimate of drug-likeness (QED) is 0.756. The van der Waals surface area contributed by atoms with Crippen LogP contribution in [0, 0.1) is 17.2 Å². The number of Topliss-reactive ketones (excluding diaryl/α,β-unsaturated/α-hetero) is 1. The highest BCUT2D eigenvalue weighted by Crippen LogP contribution is 2.25. The zero-order valence-electron chi connectivity index (χ0n) is 12.3. The summed E-state index contributed by atoms with van der Waals surface area (Å²) < 4.78 is 0. The highest BCUT2D eigenvalue weighted by Gasteiger charge is 2.25. The Morgan fingerprint density at radius 1 is 1.11 bits per heavy atom. The third-order valence-corrected chi connectivity index (χ3v) is 3.74. The summed E-state index contributed by atoms with van der Waals surface area (Å²) in [6.45, 7) is 8.27. The number of nitrogens with zero attached hydrogens (tertiary/aromatic N) is 1. The Balaban J connectivity index is 2.98. The Bertz CT molecular complexity index is 449. The lowest BCUT2D eigenvalue weighted by Crippen LogP contribution is -2.20. The molecule has 1 rings (SSSR count). The van der Waals surface area contributed by atoms with Crippen LogP contribution in [-0.4, -0.2) is 5.78 Å². The van der Waals surface area contributed by atoms with Gasteiger partial charge in [-0.15, -0.1) is 0 Å². The Kier molecular flexibility index (Phi) is 5.76. The summed E-state index contributed by atoms with van der Waals surface area (Å²) in [5.41, 5.74) is 2.05. The van der Waals surface area contributed by atoms with E-state index in [9.17, 15) is 10.1 Å². The topological polar surface area (TPSA) is 40.9 Å². The molecule has 102 valence electrons. The van der Waals surface area contributed by atoms with Crippen LogP contribution in [0.2, 0.25) is 0 Å². The maximum atomic E-state index is 12.3. The van der Waals surface area contributed by atoms with Gasteiger partial charge in [-0.25, -0.2) is 0 Å². The summed E-state index contributed by atoms with van der Waals surface area (Å²) in [6.07, 6.45) is 1.61. The van der Waals surface area contributed by atoms with Gasteiger partial charge in [0.2, 0.25) is 0 Å². The number of benzene rings is 1. The monoisotopic (exact) mass is 257 g/mol. The van der Waals surface area contributed by atoms with E-state index in [1.165, 1.54) is 5.56 Å². The highest BCUT2D eigenvalue weighted by molar-refractivity contribution is 5.90. The average Bonchev–Trinajstić information content (AvgIpc) is 2.41. The first-order valence-electron chi connectivity index (χ1n) is 7.08. The first-order valence-corrected chi connectivity index (χ1v) is 7.08. The smallest absolute Gasteiger partial charge is 0.157 e. The van der Waals surface area contributed by atoms with Crippen molar-refractivity contribution in [2.24, 2.45) is 5.92 Å². The molecule has 1 unspecified atom stereocenters. The fourth-order valence-electron chi connectivity index (χ4n) is 2.30. The van der Waals surface area contributed by atoms with Crippen molar-refractivity contribution in [1.29, 1.82) is 5.26 Å². The van der Waals surface area contributed by atoms with E-state index in [1.807, 2.05) is 38.1 Å². The van der Waals surface area contributed by atoms with E-state index in [-0.39, 0.29) is 11.7 Å². The SMILES string of the molecule is CCC(CC)C(=O)C(C#N)c1ccc(C(C)C)cc1. The molecule has 1 aromatic carbocycles. The molecule has 1 atom stereocenters. The van der Waals surface area contributed by atoms with Crippen LogP contribution >= 0.6 is 0 Å². The van der Waals surface area contributed by atoms with Gasteiger partial charge in [-0.3, -0.25) is 4.79 Å². The normalized spacial score (nSPS) is 12.5. The molecule has 0 fully saturated rings. The van der Waals surface area contributed by atoms with Crippen molar-refractivity contribution in [1.82, 2.24) is 0 Å². The van der Waals surface area contributed by atoms with Gasteiger partial charge >= 0.3 is 0 Å². The molecule has 0 aliphatic carbocycles. The summed E-state index contributed by atoms with van der Waals surface area (Å²) >= 11 is 0. The second-order valence-electron chi connectivity index (χ2n) is 5.30. The number of ketones is 1. The van der Waals surface area contributed by atoms with E-state index in [0.29, 0.717) is 5.92 Å². The first-order chi connectivity index (χ1) is 9.04. The third kappa shape index (κ3) is 3.67. The number of nitriles is 1. The van der Waals surface area contributed by atoms with Crippen molar-refractivity contribution < 1.29 is 4.79 Å². The Morgan fingerprint density at radius 2 is 1.58 bits per heavy atom. The largest absolute Gasteiger partial charge is 0.298 e. The molecular formula is C17H23NO. The van der Waals surface area contributed by atoms with Gasteiger partial charge in [-0.2, -0.15) is 5.26 Å². The molecule has 2 heteroatoms. The van der Waals surface area contributed by atoms with Gasteiger partial charge < -0.3 is 0 Å². The molecule has 0 aliphatic heterocycles. The van der Waals surface area contributed by atoms with Gasteiger partial charge in [0.15, 0.2) is 5.78 Å². The minimum absolute atomic E-state index is 0.00516. The summed E-state index contributed by atoms with van der Waals surface area (Å²) in [4.78, 5) is 12.3. The zero-order chi connectivity index (χ0) is 14.4. The van der Waals surface area contributed by atoms with Crippen LogP contribution in [0.25, 0.3) is 0 Å². The van der Waals surface area contributed by atoms with Gasteiger partial charge in [0.1, 0.15) is 5.92 Å². The lowest BCUT2D eigenvalue weighted by molar-refractivity contribution is -0.123. The van der Waals surface area contributed by atoms with Crippen LogP contribution in [0.1, 0.15) is 63.5 Å². The number of carbonyl (C=O) groups excluding carboxylic acids is 1. The summed E-state index contributed by atoms with van der Waals surface area (Å²) in [7, 11) is 0. The van der Waals surface area contributed by atoms with Crippen LogP contribution in [0.4, 0.5) is 0 Å². The maximum absolute atomic E-state index is 12.3. The molecule has 0 spiro atoms. The highest BCUT2D eigenvalue weighted by atomic mass is 16.1. The molecule has 1 aromatic rings. The zero-order valence-corrected chi connectivity index (χ0v) is 12.3. The van der Waals surface area contributed by atoms with Crippen molar-refractivity contribution in [2.75, 3.05) is 0 Å². The summed E-state index contributed by atoms with van der Waals surface area (Å²) in [6, 6.07) is 10.0. The van der Waals surface area contributed by atoms with E-state index in [2.05, 4.69) is 19.9 Å². The second-order valence-corrected chi connectivity index (χ2v) is 5.30. The minimum Gasteiger partial charge on any atom is -0.298 e. The van der Waals surface area contributed by atoms with Crippen molar-refractivity contribution in [3.05, 3.63) is 35.4 Å². The lowest BCUT2D eigenvalue weighted by Gasteiger charge is -2.16. The van der Waals surface area contributed by atoms with Crippen LogP contribution in [0.15, 0.2) is 24.3 Å². The van der Waals surface area contributed by atoms with E-state index in [0.717, 1.165) is 18.4 Å². The standard InChI is InChI=1S/C17H23NO/c1-5-13(6-2)17(19)16(11-18)15-9-7-14(8-10-15)12(3)4/h7-10,12-13,16H,5-6H2,1-4H3. The first kappa shape index (κ1) is 15.4. The molecule has 0 radical (unpaired) electrons. The van der Waals surface area contributed by atoms with Gasteiger partial charge in [-0.05, 0) is 29.9 Å². The van der Waals surface area contributed by atoms with Crippen LogP contribution in [0.5, 0.6) is 0 Å². The van der Waals surface area contributed by atoms with Crippen molar-refractivity contribution in [3.63, 3.8) is 0 Å². The minimum atomic E-state index is -0.619. The third-order valence-electron chi connectivity index (χ3n) is 3.74. The van der Waals surface area contributed by atoms with E-state index in [1.54, 1.807) is 0 Å².